The van der Waals surface area contributed by atoms with E-state index in [0.29, 0.717) is 0 Å². The summed E-state index contributed by atoms with van der Waals surface area (Å²) in [6.07, 6.45) is 0. The summed E-state index contributed by atoms with van der Waals surface area (Å²) in [4.78, 5) is 4.06. The third kappa shape index (κ3) is 2.85. The van der Waals surface area contributed by atoms with Crippen molar-refractivity contribution in [2.45, 2.75) is 0 Å². The fourth-order valence-electron chi connectivity index (χ4n) is 0.600. The Morgan fingerprint density at radius 3 is 2.89 bits per heavy atom. The maximum atomic E-state index is 4.06. The Labute approximate surface area is 71.5 Å². The van der Waals surface area contributed by atoms with Crippen LogP contribution in [0.3, 0.4) is 0 Å². The van der Waals surface area contributed by atoms with Gasteiger partial charge in [-0.3, -0.25) is 10.4 Å². The van der Waals surface area contributed by atoms with Gasteiger partial charge in [-0.25, -0.2) is 5.43 Å². The van der Waals surface area contributed by atoms with Gasteiger partial charge in [0.1, 0.15) is 0 Å². The number of hydrazine groups is 1. The highest BCUT2D eigenvalue weighted by atomic mass is 127. The van der Waals surface area contributed by atoms with Crippen molar-refractivity contribution >= 4 is 29.9 Å². The van der Waals surface area contributed by atoms with Crippen molar-refractivity contribution in [1.82, 2.24) is 16.2 Å². The van der Waals surface area contributed by atoms with Crippen LogP contribution in [0.1, 0.15) is 0 Å². The summed E-state index contributed by atoms with van der Waals surface area (Å²) in [5, 5.41) is 3.03. The summed E-state index contributed by atoms with van der Waals surface area (Å²) in [6, 6.07) is 0. The zero-order valence-corrected chi connectivity index (χ0v) is 7.60. The van der Waals surface area contributed by atoms with Crippen molar-refractivity contribution in [2.75, 3.05) is 20.1 Å². The van der Waals surface area contributed by atoms with Gasteiger partial charge in [0.2, 0.25) is 5.96 Å². The van der Waals surface area contributed by atoms with E-state index in [0.717, 1.165) is 19.0 Å². The van der Waals surface area contributed by atoms with Gasteiger partial charge in [-0.05, 0) is 0 Å². The molecule has 1 heterocycles. The molecule has 54 valence electrons. The minimum Gasteiger partial charge on any atom is -0.353 e. The number of hydrogen-bond acceptors (Lipinski definition) is 4. The van der Waals surface area contributed by atoms with Crippen molar-refractivity contribution in [1.29, 1.82) is 0 Å². The van der Waals surface area contributed by atoms with Gasteiger partial charge in [-0.2, -0.15) is 0 Å². The summed E-state index contributed by atoms with van der Waals surface area (Å²) in [5.41, 5.74) is 5.60. The highest BCUT2D eigenvalue weighted by Crippen LogP contribution is 1.77. The van der Waals surface area contributed by atoms with Crippen LogP contribution in [0.5, 0.6) is 0 Å². The molecule has 1 aliphatic heterocycles. The van der Waals surface area contributed by atoms with Gasteiger partial charge in [0.05, 0.1) is 6.54 Å². The summed E-state index contributed by atoms with van der Waals surface area (Å²) >= 11 is 0. The molecule has 5 heteroatoms. The number of nitrogens with one attached hydrogen (secondary N) is 3. The predicted octanol–water partition coefficient (Wildman–Crippen LogP) is -0.712. The minimum absolute atomic E-state index is 0. The molecule has 0 spiro atoms. The first kappa shape index (κ1) is 8.96. The molecule has 0 fully saturated rings. The number of aliphatic imine (C=N–C) groups is 1. The molecule has 0 radical (unpaired) electrons. The molecular weight excluding hydrogens is 231 g/mol. The Balaban J connectivity index is 0.000000640. The predicted molar refractivity (Wildman–Crippen MR) is 47.9 cm³/mol. The molecule has 0 unspecified atom stereocenters. The van der Waals surface area contributed by atoms with Crippen LogP contribution in [0.15, 0.2) is 4.99 Å². The van der Waals surface area contributed by atoms with Crippen LogP contribution < -0.4 is 16.2 Å². The van der Waals surface area contributed by atoms with E-state index in [4.69, 9.17) is 0 Å². The Morgan fingerprint density at radius 2 is 2.44 bits per heavy atom. The molecule has 0 aromatic carbocycles. The molecule has 0 aliphatic carbocycles. The molecule has 1 rings (SSSR count). The second-order valence-electron chi connectivity index (χ2n) is 1.53. The average Bonchev–Trinajstić information content (AvgIpc) is 2.19. The quantitative estimate of drug-likeness (QED) is 0.420. The van der Waals surface area contributed by atoms with Gasteiger partial charge >= 0.3 is 0 Å². The standard InChI is InChI=1S/C4H10N4.HI/c1-5-8-4-6-2-3-7-4;/h5H,2-3H2,1H3,(H2,6,7,8);1H. The first-order chi connectivity index (χ1) is 3.93. The molecule has 4 nitrogen and oxygen atoms in total. The first-order valence-electron chi connectivity index (χ1n) is 2.64. The Bertz CT molecular complexity index is 103. The van der Waals surface area contributed by atoms with Crippen molar-refractivity contribution in [3.63, 3.8) is 0 Å². The monoisotopic (exact) mass is 242 g/mol. The molecule has 0 atom stereocenters. The SMILES string of the molecule is CNNC1=NCCN1.I. The zero-order valence-electron chi connectivity index (χ0n) is 5.27. The molecule has 0 aromatic heterocycles. The maximum absolute atomic E-state index is 4.06. The smallest absolute Gasteiger partial charge is 0.206 e. The van der Waals surface area contributed by atoms with Crippen molar-refractivity contribution in [2.24, 2.45) is 4.99 Å². The topological polar surface area (TPSA) is 48.5 Å². The van der Waals surface area contributed by atoms with E-state index in [1.807, 2.05) is 7.05 Å². The van der Waals surface area contributed by atoms with Gasteiger partial charge in [0.25, 0.3) is 0 Å². The lowest BCUT2D eigenvalue weighted by molar-refractivity contribution is 0.747. The van der Waals surface area contributed by atoms with Crippen LogP contribution >= 0.6 is 24.0 Å². The highest BCUT2D eigenvalue weighted by molar-refractivity contribution is 14.0. The Morgan fingerprint density at radius 1 is 1.67 bits per heavy atom. The van der Waals surface area contributed by atoms with Crippen molar-refractivity contribution in [3.05, 3.63) is 0 Å². The lowest BCUT2D eigenvalue weighted by Gasteiger charge is -2.01. The number of rotatable bonds is 1. The molecule has 0 amide bonds. The number of hydrogen-bond donors (Lipinski definition) is 3. The van der Waals surface area contributed by atoms with Crippen LogP contribution in [0, 0.1) is 0 Å². The van der Waals surface area contributed by atoms with E-state index in [9.17, 15) is 0 Å². The molecular formula is C4H11IN4. The Hall–Kier alpha value is -0.0400. The van der Waals surface area contributed by atoms with Gasteiger partial charge in [0.15, 0.2) is 0 Å². The van der Waals surface area contributed by atoms with E-state index in [2.05, 4.69) is 21.2 Å². The van der Waals surface area contributed by atoms with Gasteiger partial charge in [-0.15, -0.1) is 24.0 Å². The number of guanidine groups is 1. The molecule has 3 N–H and O–H groups in total. The van der Waals surface area contributed by atoms with E-state index in [1.54, 1.807) is 0 Å². The normalized spacial score (nSPS) is 15.4. The Kier molecular flexibility index (Phi) is 4.78. The van der Waals surface area contributed by atoms with E-state index in [1.165, 1.54) is 0 Å². The zero-order chi connectivity index (χ0) is 5.82. The van der Waals surface area contributed by atoms with Crippen molar-refractivity contribution in [3.8, 4) is 0 Å². The van der Waals surface area contributed by atoms with Gasteiger partial charge in [-0.1, -0.05) is 0 Å². The van der Waals surface area contributed by atoms with E-state index < -0.39 is 0 Å². The maximum Gasteiger partial charge on any atom is 0.206 e. The number of nitrogens with zero attached hydrogens (tertiary/aromatic N) is 1. The number of halogens is 1. The highest BCUT2D eigenvalue weighted by Gasteiger charge is 1.99. The average molecular weight is 242 g/mol. The van der Waals surface area contributed by atoms with Crippen LogP contribution in [0.2, 0.25) is 0 Å². The van der Waals surface area contributed by atoms with Crippen LogP contribution in [0.25, 0.3) is 0 Å². The van der Waals surface area contributed by atoms with Crippen LogP contribution in [-0.2, 0) is 0 Å². The van der Waals surface area contributed by atoms with Gasteiger partial charge < -0.3 is 5.32 Å². The summed E-state index contributed by atoms with van der Waals surface area (Å²) < 4.78 is 0. The minimum atomic E-state index is 0. The lowest BCUT2D eigenvalue weighted by Crippen LogP contribution is -2.40. The molecule has 9 heavy (non-hydrogen) atoms. The summed E-state index contributed by atoms with van der Waals surface area (Å²) in [7, 11) is 1.81. The first-order valence-corrected chi connectivity index (χ1v) is 2.64. The molecule has 0 saturated carbocycles. The lowest BCUT2D eigenvalue weighted by atomic mass is 10.7. The van der Waals surface area contributed by atoms with Crippen molar-refractivity contribution < 1.29 is 0 Å². The summed E-state index contributed by atoms with van der Waals surface area (Å²) in [5.74, 6) is 0.840. The van der Waals surface area contributed by atoms with E-state index >= 15 is 0 Å². The van der Waals surface area contributed by atoms with Crippen LogP contribution in [0.4, 0.5) is 0 Å². The van der Waals surface area contributed by atoms with E-state index in [-0.39, 0.29) is 24.0 Å². The fourth-order valence-corrected chi connectivity index (χ4v) is 0.600. The third-order valence-corrected chi connectivity index (χ3v) is 0.918. The summed E-state index contributed by atoms with van der Waals surface area (Å²) in [6.45, 7) is 1.83. The third-order valence-electron chi connectivity index (χ3n) is 0.918. The molecule has 0 bridgehead atoms. The largest absolute Gasteiger partial charge is 0.353 e. The second-order valence-corrected chi connectivity index (χ2v) is 1.53. The fraction of sp³-hybridized carbons (Fsp3) is 0.750. The molecule has 0 saturated heterocycles. The second kappa shape index (κ2) is 4.80. The molecule has 1 aliphatic rings. The molecule has 0 aromatic rings. The van der Waals surface area contributed by atoms with Gasteiger partial charge in [0, 0.05) is 13.6 Å². The van der Waals surface area contributed by atoms with Crippen LogP contribution in [-0.4, -0.2) is 26.1 Å².